The lowest BCUT2D eigenvalue weighted by Crippen LogP contribution is -2.22. The lowest BCUT2D eigenvalue weighted by Gasteiger charge is -2.25. The first-order valence-corrected chi connectivity index (χ1v) is 6.06. The molecule has 0 unspecified atom stereocenters. The second-order valence-corrected chi connectivity index (χ2v) is 4.51. The summed E-state index contributed by atoms with van der Waals surface area (Å²) >= 11 is 0. The SMILES string of the molecule is CNc1nc(C)c([N+](=O)[O-])c(NCC2CCC2)n1. The minimum absolute atomic E-state index is 0.0340. The largest absolute Gasteiger partial charge is 0.364 e. The monoisotopic (exact) mass is 251 g/mol. The summed E-state index contributed by atoms with van der Waals surface area (Å²) < 4.78 is 0. The van der Waals surface area contributed by atoms with Crippen molar-refractivity contribution in [1.82, 2.24) is 9.97 Å². The Morgan fingerprint density at radius 3 is 2.67 bits per heavy atom. The number of rotatable bonds is 5. The molecule has 2 N–H and O–H groups in total. The minimum Gasteiger partial charge on any atom is -0.364 e. The van der Waals surface area contributed by atoms with Crippen LogP contribution >= 0.6 is 0 Å². The van der Waals surface area contributed by atoms with Crippen LogP contribution in [0.2, 0.25) is 0 Å². The van der Waals surface area contributed by atoms with Crippen LogP contribution < -0.4 is 10.6 Å². The van der Waals surface area contributed by atoms with Gasteiger partial charge in [-0.25, -0.2) is 4.98 Å². The fraction of sp³-hybridized carbons (Fsp3) is 0.636. The molecule has 0 bridgehead atoms. The standard InChI is InChI=1S/C11H17N5O2/c1-7-9(16(17)18)10(15-11(12-2)14-7)13-6-8-4-3-5-8/h8H,3-6H2,1-2H3,(H2,12,13,14,15). The number of hydrogen-bond acceptors (Lipinski definition) is 6. The van der Waals surface area contributed by atoms with Gasteiger partial charge >= 0.3 is 5.69 Å². The average Bonchev–Trinajstić information content (AvgIpc) is 2.25. The van der Waals surface area contributed by atoms with Crippen molar-refractivity contribution >= 4 is 17.5 Å². The Morgan fingerprint density at radius 1 is 1.44 bits per heavy atom. The number of nitrogens with zero attached hydrogens (tertiary/aromatic N) is 3. The molecule has 1 aliphatic carbocycles. The summed E-state index contributed by atoms with van der Waals surface area (Å²) in [7, 11) is 1.69. The molecule has 7 heteroatoms. The summed E-state index contributed by atoms with van der Waals surface area (Å²) in [5, 5.41) is 16.9. The van der Waals surface area contributed by atoms with Crippen LogP contribution in [0.3, 0.4) is 0 Å². The molecule has 18 heavy (non-hydrogen) atoms. The quantitative estimate of drug-likeness (QED) is 0.613. The average molecular weight is 251 g/mol. The molecule has 1 heterocycles. The molecule has 7 nitrogen and oxygen atoms in total. The number of nitrogens with one attached hydrogen (secondary N) is 2. The van der Waals surface area contributed by atoms with Crippen LogP contribution in [0.4, 0.5) is 17.5 Å². The fourth-order valence-electron chi connectivity index (χ4n) is 1.96. The van der Waals surface area contributed by atoms with E-state index in [1.807, 2.05) is 0 Å². The van der Waals surface area contributed by atoms with E-state index in [2.05, 4.69) is 20.6 Å². The van der Waals surface area contributed by atoms with Crippen LogP contribution in [0.15, 0.2) is 0 Å². The molecule has 98 valence electrons. The van der Waals surface area contributed by atoms with Gasteiger partial charge in [0.05, 0.1) is 4.92 Å². The van der Waals surface area contributed by atoms with Crippen molar-refractivity contribution in [3.63, 3.8) is 0 Å². The molecule has 0 aromatic carbocycles. The zero-order valence-corrected chi connectivity index (χ0v) is 10.6. The van der Waals surface area contributed by atoms with Gasteiger partial charge in [0.2, 0.25) is 11.8 Å². The van der Waals surface area contributed by atoms with E-state index >= 15 is 0 Å². The second-order valence-electron chi connectivity index (χ2n) is 4.51. The summed E-state index contributed by atoms with van der Waals surface area (Å²) in [6.45, 7) is 2.36. The van der Waals surface area contributed by atoms with E-state index in [4.69, 9.17) is 0 Å². The highest BCUT2D eigenvalue weighted by Crippen LogP contribution is 2.30. The van der Waals surface area contributed by atoms with Gasteiger partial charge in [-0.15, -0.1) is 0 Å². The van der Waals surface area contributed by atoms with Crippen molar-refractivity contribution in [3.05, 3.63) is 15.8 Å². The Morgan fingerprint density at radius 2 is 2.17 bits per heavy atom. The highest BCUT2D eigenvalue weighted by atomic mass is 16.6. The summed E-state index contributed by atoms with van der Waals surface area (Å²) in [6, 6.07) is 0. The summed E-state index contributed by atoms with van der Waals surface area (Å²) in [4.78, 5) is 18.8. The molecule has 0 spiro atoms. The molecule has 1 aliphatic rings. The van der Waals surface area contributed by atoms with E-state index < -0.39 is 4.92 Å². The lowest BCUT2D eigenvalue weighted by molar-refractivity contribution is -0.385. The number of anilines is 2. The highest BCUT2D eigenvalue weighted by Gasteiger charge is 2.24. The van der Waals surface area contributed by atoms with Gasteiger partial charge in [-0.2, -0.15) is 4.98 Å². The normalized spacial score (nSPS) is 15.0. The minimum atomic E-state index is -0.433. The van der Waals surface area contributed by atoms with Gasteiger partial charge in [-0.3, -0.25) is 10.1 Å². The maximum absolute atomic E-state index is 11.0. The molecule has 1 saturated carbocycles. The molecule has 0 amide bonds. The number of hydrogen-bond donors (Lipinski definition) is 2. The van der Waals surface area contributed by atoms with Crippen LogP contribution in [0.25, 0.3) is 0 Å². The topological polar surface area (TPSA) is 93.0 Å². The zero-order chi connectivity index (χ0) is 13.1. The summed E-state index contributed by atoms with van der Waals surface area (Å²) in [5.41, 5.74) is 0.337. The van der Waals surface area contributed by atoms with Crippen molar-refractivity contribution < 1.29 is 4.92 Å². The maximum Gasteiger partial charge on any atom is 0.332 e. The smallest absolute Gasteiger partial charge is 0.332 e. The summed E-state index contributed by atoms with van der Waals surface area (Å²) in [5.74, 6) is 1.32. The Kier molecular flexibility index (Phi) is 3.59. The first kappa shape index (κ1) is 12.5. The Labute approximate surface area is 105 Å². The van der Waals surface area contributed by atoms with Gasteiger partial charge in [-0.1, -0.05) is 6.42 Å². The van der Waals surface area contributed by atoms with Crippen LogP contribution in [0, 0.1) is 23.0 Å². The van der Waals surface area contributed by atoms with E-state index in [1.54, 1.807) is 14.0 Å². The molecule has 1 fully saturated rings. The number of nitro groups is 1. The van der Waals surface area contributed by atoms with Gasteiger partial charge in [-0.05, 0) is 25.7 Å². The number of aromatic nitrogens is 2. The highest BCUT2D eigenvalue weighted by molar-refractivity contribution is 5.60. The van der Waals surface area contributed by atoms with Crippen molar-refractivity contribution in [2.45, 2.75) is 26.2 Å². The third-order valence-electron chi connectivity index (χ3n) is 3.25. The third-order valence-corrected chi connectivity index (χ3v) is 3.25. The molecular formula is C11H17N5O2. The molecule has 0 saturated heterocycles. The molecule has 2 rings (SSSR count). The lowest BCUT2D eigenvalue weighted by atomic mass is 9.85. The predicted octanol–water partition coefficient (Wildman–Crippen LogP) is 1.95. The van der Waals surface area contributed by atoms with E-state index in [9.17, 15) is 10.1 Å². The van der Waals surface area contributed by atoms with Gasteiger partial charge in [0.25, 0.3) is 0 Å². The molecule has 0 radical (unpaired) electrons. The van der Waals surface area contributed by atoms with E-state index in [-0.39, 0.29) is 5.69 Å². The molecule has 0 aliphatic heterocycles. The Balaban J connectivity index is 2.23. The Hall–Kier alpha value is -1.92. The van der Waals surface area contributed by atoms with Gasteiger partial charge in [0.1, 0.15) is 5.69 Å². The number of aryl methyl sites for hydroxylation is 1. The van der Waals surface area contributed by atoms with Crippen molar-refractivity contribution in [2.75, 3.05) is 24.2 Å². The molecule has 0 atom stereocenters. The zero-order valence-electron chi connectivity index (χ0n) is 10.6. The van der Waals surface area contributed by atoms with Crippen molar-refractivity contribution in [3.8, 4) is 0 Å². The third kappa shape index (κ3) is 2.49. The van der Waals surface area contributed by atoms with Gasteiger partial charge < -0.3 is 10.6 Å². The van der Waals surface area contributed by atoms with Crippen LogP contribution in [-0.4, -0.2) is 28.5 Å². The van der Waals surface area contributed by atoms with E-state index in [0.29, 0.717) is 23.4 Å². The molecular weight excluding hydrogens is 234 g/mol. The first-order valence-electron chi connectivity index (χ1n) is 6.06. The van der Waals surface area contributed by atoms with E-state index in [1.165, 1.54) is 19.3 Å². The Bertz CT molecular complexity index is 459. The predicted molar refractivity (Wildman–Crippen MR) is 68.8 cm³/mol. The maximum atomic E-state index is 11.0. The second kappa shape index (κ2) is 5.16. The van der Waals surface area contributed by atoms with Crippen LogP contribution in [-0.2, 0) is 0 Å². The molecule has 1 aromatic rings. The fourth-order valence-corrected chi connectivity index (χ4v) is 1.96. The first-order chi connectivity index (χ1) is 8.61. The van der Waals surface area contributed by atoms with Crippen LogP contribution in [0.1, 0.15) is 25.0 Å². The van der Waals surface area contributed by atoms with E-state index in [0.717, 1.165) is 6.54 Å². The van der Waals surface area contributed by atoms with Crippen molar-refractivity contribution in [2.24, 2.45) is 5.92 Å². The summed E-state index contributed by atoms with van der Waals surface area (Å²) in [6.07, 6.45) is 3.62. The van der Waals surface area contributed by atoms with Gasteiger partial charge in [0, 0.05) is 13.6 Å². The van der Waals surface area contributed by atoms with Gasteiger partial charge in [0.15, 0.2) is 0 Å². The van der Waals surface area contributed by atoms with Crippen molar-refractivity contribution in [1.29, 1.82) is 0 Å². The van der Waals surface area contributed by atoms with Crippen LogP contribution in [0.5, 0.6) is 0 Å². The molecule has 1 aromatic heterocycles.